The summed E-state index contributed by atoms with van der Waals surface area (Å²) in [7, 11) is 0. The van der Waals surface area contributed by atoms with E-state index in [0.717, 1.165) is 5.01 Å². The van der Waals surface area contributed by atoms with Gasteiger partial charge < -0.3 is 10.5 Å². The quantitative estimate of drug-likeness (QED) is 0.544. The number of nitrogens with zero attached hydrogens (tertiary/aromatic N) is 3. The maximum atomic E-state index is 11.8. The van der Waals surface area contributed by atoms with E-state index in [0.29, 0.717) is 6.54 Å². The van der Waals surface area contributed by atoms with Gasteiger partial charge in [0.1, 0.15) is 12.6 Å². The Morgan fingerprint density at radius 2 is 2.37 bits per heavy atom. The Balaban J connectivity index is 0.00000180. The summed E-state index contributed by atoms with van der Waals surface area (Å²) in [6, 6.07) is 1.24. The summed E-state index contributed by atoms with van der Waals surface area (Å²) in [6.07, 6.45) is 1.41. The zero-order valence-electron chi connectivity index (χ0n) is 10.0. The number of nitriles is 1. The molecule has 0 aromatic carbocycles. The zero-order valence-corrected chi connectivity index (χ0v) is 10.9. The summed E-state index contributed by atoms with van der Waals surface area (Å²) >= 11 is 0. The van der Waals surface area contributed by atoms with E-state index in [1.165, 1.54) is 6.08 Å². The molecule has 2 aliphatic rings. The van der Waals surface area contributed by atoms with E-state index in [2.05, 4.69) is 6.58 Å². The van der Waals surface area contributed by atoms with Crippen LogP contribution in [0.1, 0.15) is 0 Å². The lowest BCUT2D eigenvalue weighted by atomic mass is 10.2. The molecule has 2 rings (SSSR count). The van der Waals surface area contributed by atoms with Gasteiger partial charge in [0.05, 0.1) is 18.2 Å². The van der Waals surface area contributed by atoms with Crippen molar-refractivity contribution in [3.8, 4) is 6.07 Å². The highest BCUT2D eigenvalue weighted by Crippen LogP contribution is 2.28. The minimum absolute atomic E-state index is 0. The summed E-state index contributed by atoms with van der Waals surface area (Å²) in [5.41, 5.74) is 5.79. The van der Waals surface area contributed by atoms with E-state index in [4.69, 9.17) is 15.7 Å². The summed E-state index contributed by atoms with van der Waals surface area (Å²) in [6.45, 7) is 3.94. The number of amides is 1. The lowest BCUT2D eigenvalue weighted by molar-refractivity contribution is -0.146. The number of esters is 1. The highest BCUT2D eigenvalue weighted by molar-refractivity contribution is 5.98. The zero-order chi connectivity index (χ0) is 13.3. The first kappa shape index (κ1) is 15.2. The van der Waals surface area contributed by atoms with Crippen molar-refractivity contribution in [3.05, 3.63) is 23.9 Å². The van der Waals surface area contributed by atoms with Crippen LogP contribution in [0, 0.1) is 11.3 Å². The molecule has 19 heavy (non-hydrogen) atoms. The number of carbonyl (C=O) groups is 2. The van der Waals surface area contributed by atoms with Crippen molar-refractivity contribution >= 4 is 24.3 Å². The number of nitrogens with two attached hydrogens (primary N) is 1. The largest absolute Gasteiger partial charge is 0.457 e. The molecule has 1 atom stereocenters. The van der Waals surface area contributed by atoms with Crippen LogP contribution in [0.2, 0.25) is 0 Å². The topological polar surface area (TPSA) is 99.7 Å². The number of fused-ring (bicyclic) bond motifs is 1. The van der Waals surface area contributed by atoms with Gasteiger partial charge in [0.15, 0.2) is 5.70 Å². The number of ether oxygens (including phenoxy) is 1. The van der Waals surface area contributed by atoms with Gasteiger partial charge in [-0.05, 0) is 0 Å². The van der Waals surface area contributed by atoms with Crippen LogP contribution in [0.4, 0.5) is 0 Å². The van der Waals surface area contributed by atoms with Crippen LogP contribution in [0.5, 0.6) is 0 Å². The van der Waals surface area contributed by atoms with Gasteiger partial charge in [-0.3, -0.25) is 4.79 Å². The number of hydrogen-bond donors (Lipinski definition) is 1. The Bertz CT molecular complexity index is 497. The number of rotatable bonds is 3. The predicted molar refractivity (Wildman–Crippen MR) is 67.4 cm³/mol. The van der Waals surface area contributed by atoms with E-state index < -0.39 is 17.9 Å². The number of hydrogen-bond acceptors (Lipinski definition) is 6. The molecule has 0 saturated carbocycles. The van der Waals surface area contributed by atoms with Crippen molar-refractivity contribution in [1.29, 1.82) is 5.26 Å². The van der Waals surface area contributed by atoms with Crippen molar-refractivity contribution in [2.24, 2.45) is 5.73 Å². The molecule has 2 aliphatic heterocycles. The Morgan fingerprint density at radius 1 is 1.68 bits per heavy atom. The maximum Gasteiger partial charge on any atom is 0.357 e. The highest BCUT2D eigenvalue weighted by Gasteiger charge is 2.46. The van der Waals surface area contributed by atoms with Gasteiger partial charge in [-0.2, -0.15) is 5.26 Å². The fourth-order valence-electron chi connectivity index (χ4n) is 1.96. The fourth-order valence-corrected chi connectivity index (χ4v) is 1.96. The Labute approximate surface area is 116 Å². The lowest BCUT2D eigenvalue weighted by Crippen LogP contribution is -2.37. The van der Waals surface area contributed by atoms with Gasteiger partial charge in [-0.25, -0.2) is 14.8 Å². The molecule has 0 bridgehead atoms. The van der Waals surface area contributed by atoms with Crippen molar-refractivity contribution in [3.63, 3.8) is 0 Å². The molecular weight excluding hydrogens is 272 g/mol. The summed E-state index contributed by atoms with van der Waals surface area (Å²) < 4.78 is 4.87. The standard InChI is InChI=1S/C11H12N4O3.ClH/c1-2-3-18-11(17)9-7(4-12)5-14-6-8(13)10(16)15(9)14;/h2,8H,1,3,5-6,13H2;1H/t8-;/m0./s1. The van der Waals surface area contributed by atoms with Crippen LogP contribution >= 0.6 is 12.4 Å². The molecular formula is C11H13ClN4O3. The van der Waals surface area contributed by atoms with E-state index in [-0.39, 0.29) is 36.8 Å². The summed E-state index contributed by atoms with van der Waals surface area (Å²) in [5, 5.41) is 11.7. The predicted octanol–water partition coefficient (Wildman–Crippen LogP) is -0.685. The lowest BCUT2D eigenvalue weighted by Gasteiger charge is -2.20. The minimum atomic E-state index is -0.712. The van der Waals surface area contributed by atoms with Crippen LogP contribution in [-0.4, -0.2) is 47.6 Å². The van der Waals surface area contributed by atoms with Crippen LogP contribution < -0.4 is 5.73 Å². The van der Waals surface area contributed by atoms with E-state index in [1.54, 1.807) is 5.01 Å². The summed E-state index contributed by atoms with van der Waals surface area (Å²) in [4.78, 5) is 23.7. The van der Waals surface area contributed by atoms with Gasteiger partial charge in [-0.15, -0.1) is 12.4 Å². The van der Waals surface area contributed by atoms with Crippen molar-refractivity contribution < 1.29 is 14.3 Å². The second-order valence-corrected chi connectivity index (χ2v) is 3.93. The Morgan fingerprint density at radius 3 is 2.95 bits per heavy atom. The minimum Gasteiger partial charge on any atom is -0.457 e. The second kappa shape index (κ2) is 5.84. The van der Waals surface area contributed by atoms with Crippen molar-refractivity contribution in [1.82, 2.24) is 10.0 Å². The normalized spacial score (nSPS) is 21.8. The van der Waals surface area contributed by atoms with Gasteiger partial charge in [0.25, 0.3) is 5.91 Å². The molecule has 1 fully saturated rings. The smallest absolute Gasteiger partial charge is 0.357 e. The summed E-state index contributed by atoms with van der Waals surface area (Å²) in [5.74, 6) is -1.11. The molecule has 2 N–H and O–H groups in total. The molecule has 0 aromatic heterocycles. The van der Waals surface area contributed by atoms with Crippen molar-refractivity contribution in [2.75, 3.05) is 19.7 Å². The van der Waals surface area contributed by atoms with E-state index in [9.17, 15) is 9.59 Å². The molecule has 0 aliphatic carbocycles. The third-order valence-corrected chi connectivity index (χ3v) is 2.72. The van der Waals surface area contributed by atoms with Gasteiger partial charge in [0.2, 0.25) is 0 Å². The molecule has 0 radical (unpaired) electrons. The molecule has 7 nitrogen and oxygen atoms in total. The highest BCUT2D eigenvalue weighted by atomic mass is 35.5. The van der Waals surface area contributed by atoms with Crippen LogP contribution in [0.15, 0.2) is 23.9 Å². The number of hydrazine groups is 1. The first-order valence-corrected chi connectivity index (χ1v) is 5.35. The third-order valence-electron chi connectivity index (χ3n) is 2.72. The molecule has 1 amide bonds. The van der Waals surface area contributed by atoms with Crippen LogP contribution in [0.3, 0.4) is 0 Å². The first-order chi connectivity index (χ1) is 8.60. The average molecular weight is 285 g/mol. The fraction of sp³-hybridized carbons (Fsp3) is 0.364. The average Bonchev–Trinajstić information content (AvgIpc) is 2.84. The van der Waals surface area contributed by atoms with E-state index in [1.807, 2.05) is 6.07 Å². The van der Waals surface area contributed by atoms with Crippen LogP contribution in [-0.2, 0) is 14.3 Å². The number of carbonyl (C=O) groups excluding carboxylic acids is 2. The van der Waals surface area contributed by atoms with Gasteiger partial charge >= 0.3 is 5.97 Å². The third kappa shape index (κ3) is 2.46. The number of halogens is 1. The Hall–Kier alpha value is -1.88. The molecule has 2 heterocycles. The molecule has 1 saturated heterocycles. The van der Waals surface area contributed by atoms with Crippen molar-refractivity contribution in [2.45, 2.75) is 6.04 Å². The Kier molecular flexibility index (Phi) is 4.67. The van der Waals surface area contributed by atoms with Crippen LogP contribution in [0.25, 0.3) is 0 Å². The second-order valence-electron chi connectivity index (χ2n) is 3.93. The monoisotopic (exact) mass is 284 g/mol. The SMILES string of the molecule is C=CCOC(=O)C1=C(C#N)CN2C[C@H](N)C(=O)N12.Cl. The molecule has 0 aromatic rings. The van der Waals surface area contributed by atoms with Gasteiger partial charge in [-0.1, -0.05) is 12.7 Å². The molecule has 0 spiro atoms. The first-order valence-electron chi connectivity index (χ1n) is 5.35. The molecule has 8 heteroatoms. The van der Waals surface area contributed by atoms with Gasteiger partial charge in [0, 0.05) is 6.54 Å². The molecule has 0 unspecified atom stereocenters. The maximum absolute atomic E-state index is 11.8. The van der Waals surface area contributed by atoms with E-state index >= 15 is 0 Å². The molecule has 102 valence electrons.